The summed E-state index contributed by atoms with van der Waals surface area (Å²) in [6, 6.07) is 18.4. The monoisotopic (exact) mass is 450 g/mol. The van der Waals surface area contributed by atoms with E-state index in [1.807, 2.05) is 36.2 Å². The Balaban J connectivity index is 1.17. The van der Waals surface area contributed by atoms with E-state index in [1.54, 1.807) is 0 Å². The van der Waals surface area contributed by atoms with E-state index in [0.717, 1.165) is 89.2 Å². The fourth-order valence-electron chi connectivity index (χ4n) is 4.78. The van der Waals surface area contributed by atoms with Crippen molar-refractivity contribution in [1.29, 1.82) is 0 Å². The maximum atomic E-state index is 12.8. The van der Waals surface area contributed by atoms with Gasteiger partial charge in [0.05, 0.1) is 0 Å². The lowest BCUT2D eigenvalue weighted by molar-refractivity contribution is 0.0583. The van der Waals surface area contributed by atoms with Gasteiger partial charge in [0.15, 0.2) is 0 Å². The van der Waals surface area contributed by atoms with Gasteiger partial charge in [-0.15, -0.1) is 0 Å². The van der Waals surface area contributed by atoms with Crippen molar-refractivity contribution in [3.63, 3.8) is 0 Å². The third-order valence-corrected chi connectivity index (χ3v) is 7.06. The van der Waals surface area contributed by atoms with Crippen molar-refractivity contribution in [3.8, 4) is 5.75 Å². The normalized spacial score (nSPS) is 18.2. The van der Waals surface area contributed by atoms with Crippen LogP contribution in [0.3, 0.4) is 0 Å². The largest absolute Gasteiger partial charge is 0.490 e. The minimum absolute atomic E-state index is 0.0836. The minimum Gasteiger partial charge on any atom is -0.490 e. The Morgan fingerprint density at radius 2 is 1.70 bits per heavy atom. The molecule has 0 aromatic heterocycles. The van der Waals surface area contributed by atoms with Crippen molar-refractivity contribution >= 4 is 5.91 Å². The molecule has 0 N–H and O–H groups in total. The number of hydrogen-bond donors (Lipinski definition) is 0. The summed E-state index contributed by atoms with van der Waals surface area (Å²) in [7, 11) is 1.90. The van der Waals surface area contributed by atoms with E-state index in [1.165, 1.54) is 5.56 Å². The quantitative estimate of drug-likeness (QED) is 0.557. The first kappa shape index (κ1) is 23.8. The van der Waals surface area contributed by atoms with Gasteiger partial charge in [-0.1, -0.05) is 30.3 Å². The summed E-state index contributed by atoms with van der Waals surface area (Å²) in [6.07, 6.45) is 6.72. The van der Waals surface area contributed by atoms with E-state index in [4.69, 9.17) is 9.47 Å². The first-order valence-electron chi connectivity index (χ1n) is 12.5. The number of amides is 1. The van der Waals surface area contributed by atoms with Crippen LogP contribution in [0.25, 0.3) is 0 Å². The van der Waals surface area contributed by atoms with Crippen LogP contribution in [0.2, 0.25) is 0 Å². The lowest BCUT2D eigenvalue weighted by atomic mass is 9.96. The average Bonchev–Trinajstić information content (AvgIpc) is 2.88. The molecule has 33 heavy (non-hydrogen) atoms. The molecular weight excluding hydrogens is 412 g/mol. The number of likely N-dealkylation sites (tertiary alicyclic amines) is 1. The molecule has 0 saturated carbocycles. The highest BCUT2D eigenvalue weighted by molar-refractivity contribution is 5.94. The third-order valence-electron chi connectivity index (χ3n) is 7.06. The van der Waals surface area contributed by atoms with Crippen LogP contribution >= 0.6 is 0 Å². The maximum absolute atomic E-state index is 12.8. The Bertz CT molecular complexity index is 841. The number of rotatable bonds is 9. The summed E-state index contributed by atoms with van der Waals surface area (Å²) in [5.41, 5.74) is 2.13. The number of benzene rings is 2. The van der Waals surface area contributed by atoms with E-state index in [2.05, 4.69) is 35.2 Å². The highest BCUT2D eigenvalue weighted by Gasteiger charge is 2.21. The molecule has 1 amide bonds. The summed E-state index contributed by atoms with van der Waals surface area (Å²) in [5.74, 6) is 1.62. The zero-order valence-electron chi connectivity index (χ0n) is 20.0. The highest BCUT2D eigenvalue weighted by atomic mass is 16.5. The summed E-state index contributed by atoms with van der Waals surface area (Å²) < 4.78 is 11.7. The molecule has 0 bridgehead atoms. The van der Waals surface area contributed by atoms with E-state index < -0.39 is 0 Å². The smallest absolute Gasteiger partial charge is 0.253 e. The zero-order chi connectivity index (χ0) is 22.9. The van der Waals surface area contributed by atoms with Crippen molar-refractivity contribution in [2.75, 3.05) is 46.4 Å². The van der Waals surface area contributed by atoms with Crippen LogP contribution in [-0.4, -0.2) is 68.3 Å². The second kappa shape index (κ2) is 12.2. The van der Waals surface area contributed by atoms with Crippen molar-refractivity contribution in [2.45, 2.75) is 44.6 Å². The molecule has 2 aromatic rings. The Morgan fingerprint density at radius 1 is 1.00 bits per heavy atom. The Labute approximate surface area is 198 Å². The fraction of sp³-hybridized carbons (Fsp3) is 0.536. The molecule has 2 aromatic carbocycles. The van der Waals surface area contributed by atoms with Crippen LogP contribution in [0, 0.1) is 5.92 Å². The molecule has 178 valence electrons. The lowest BCUT2D eigenvalue weighted by Gasteiger charge is -2.32. The van der Waals surface area contributed by atoms with Crippen LogP contribution in [0.5, 0.6) is 5.75 Å². The van der Waals surface area contributed by atoms with E-state index in [0.29, 0.717) is 5.92 Å². The summed E-state index contributed by atoms with van der Waals surface area (Å²) >= 11 is 0. The minimum atomic E-state index is 0.0836. The molecule has 4 rings (SSSR count). The number of carbonyl (C=O) groups excluding carboxylic acids is 1. The second-order valence-corrected chi connectivity index (χ2v) is 9.49. The average molecular weight is 451 g/mol. The fourth-order valence-corrected chi connectivity index (χ4v) is 4.78. The van der Waals surface area contributed by atoms with Crippen LogP contribution in [0.1, 0.15) is 48.0 Å². The van der Waals surface area contributed by atoms with Crippen molar-refractivity contribution < 1.29 is 14.3 Å². The van der Waals surface area contributed by atoms with Gasteiger partial charge in [-0.2, -0.15) is 0 Å². The first-order chi connectivity index (χ1) is 16.2. The number of nitrogens with zero attached hydrogens (tertiary/aromatic N) is 2. The second-order valence-electron chi connectivity index (χ2n) is 9.49. The van der Waals surface area contributed by atoms with Gasteiger partial charge in [0.1, 0.15) is 11.9 Å². The number of carbonyl (C=O) groups is 1. The van der Waals surface area contributed by atoms with Crippen LogP contribution in [0.15, 0.2) is 54.6 Å². The van der Waals surface area contributed by atoms with Gasteiger partial charge in [0, 0.05) is 52.0 Å². The van der Waals surface area contributed by atoms with Crippen molar-refractivity contribution in [1.82, 2.24) is 9.80 Å². The Hall–Kier alpha value is -2.37. The Morgan fingerprint density at radius 3 is 2.39 bits per heavy atom. The lowest BCUT2D eigenvalue weighted by Crippen LogP contribution is -2.39. The van der Waals surface area contributed by atoms with Crippen LogP contribution in [-0.2, 0) is 11.2 Å². The molecule has 2 aliphatic rings. The molecule has 0 unspecified atom stereocenters. The van der Waals surface area contributed by atoms with Crippen molar-refractivity contribution in [2.24, 2.45) is 5.92 Å². The third kappa shape index (κ3) is 7.31. The predicted molar refractivity (Wildman–Crippen MR) is 132 cm³/mol. The molecular formula is C28H38N2O3. The van der Waals surface area contributed by atoms with Crippen LogP contribution in [0.4, 0.5) is 0 Å². The van der Waals surface area contributed by atoms with E-state index >= 15 is 0 Å². The molecule has 0 spiro atoms. The molecule has 2 saturated heterocycles. The van der Waals surface area contributed by atoms with Gasteiger partial charge in [-0.05, 0) is 74.3 Å². The van der Waals surface area contributed by atoms with Gasteiger partial charge in [0.25, 0.3) is 5.91 Å². The molecule has 2 heterocycles. The summed E-state index contributed by atoms with van der Waals surface area (Å²) in [6.45, 7) is 5.77. The number of hydrogen-bond acceptors (Lipinski definition) is 4. The van der Waals surface area contributed by atoms with Gasteiger partial charge in [0.2, 0.25) is 0 Å². The van der Waals surface area contributed by atoms with Crippen molar-refractivity contribution in [3.05, 3.63) is 65.7 Å². The number of piperidine rings is 1. The van der Waals surface area contributed by atoms with Gasteiger partial charge >= 0.3 is 0 Å². The topological polar surface area (TPSA) is 42.0 Å². The summed E-state index contributed by atoms with van der Waals surface area (Å²) in [4.78, 5) is 17.2. The molecule has 2 fully saturated rings. The molecule has 5 heteroatoms. The molecule has 0 radical (unpaired) electrons. The van der Waals surface area contributed by atoms with Gasteiger partial charge < -0.3 is 19.3 Å². The molecule has 5 nitrogen and oxygen atoms in total. The highest BCUT2D eigenvalue weighted by Crippen LogP contribution is 2.22. The summed E-state index contributed by atoms with van der Waals surface area (Å²) in [5, 5.41) is 0. The Kier molecular flexibility index (Phi) is 8.79. The van der Waals surface area contributed by atoms with Crippen LogP contribution < -0.4 is 4.74 Å². The van der Waals surface area contributed by atoms with Gasteiger partial charge in [-0.3, -0.25) is 4.79 Å². The maximum Gasteiger partial charge on any atom is 0.253 e. The first-order valence-corrected chi connectivity index (χ1v) is 12.5. The molecule has 0 atom stereocenters. The molecule has 2 aliphatic heterocycles. The van der Waals surface area contributed by atoms with Gasteiger partial charge in [-0.25, -0.2) is 0 Å². The van der Waals surface area contributed by atoms with E-state index in [-0.39, 0.29) is 12.0 Å². The SMILES string of the molecule is CN(CCC1CCOCC1)C(=O)c1ccc(OC2CCN(CCc3ccccc3)CC2)cc1. The standard InChI is InChI=1S/C28H38N2O3/c1-29(17-11-24-15-21-32-22-16-24)28(31)25-7-9-26(10-8-25)33-27-13-19-30(20-14-27)18-12-23-5-3-2-4-6-23/h2-10,24,27H,11-22H2,1H3. The number of ether oxygens (including phenoxy) is 2. The molecule has 0 aliphatic carbocycles. The van der Waals surface area contributed by atoms with E-state index in [9.17, 15) is 4.79 Å². The predicted octanol–water partition coefficient (Wildman–Crippen LogP) is 4.66. The zero-order valence-corrected chi connectivity index (χ0v) is 20.0.